The maximum atomic E-state index is 12.3. The third-order valence-electron chi connectivity index (χ3n) is 3.79. The summed E-state index contributed by atoms with van der Waals surface area (Å²) in [5.74, 6) is 0.748. The van der Waals surface area contributed by atoms with Gasteiger partial charge in [0.05, 0.1) is 6.04 Å². The lowest BCUT2D eigenvalue weighted by atomic mass is 9.97. The van der Waals surface area contributed by atoms with Crippen molar-refractivity contribution in [3.8, 4) is 5.75 Å². The molecule has 0 aliphatic rings. The summed E-state index contributed by atoms with van der Waals surface area (Å²) in [6, 6.07) is 16.8. The highest BCUT2D eigenvalue weighted by atomic mass is 16.5. The summed E-state index contributed by atoms with van der Waals surface area (Å²) in [7, 11) is 0. The molecule has 1 atom stereocenters. The van der Waals surface area contributed by atoms with Crippen LogP contribution in [-0.4, -0.2) is 18.4 Å². The number of rotatable bonds is 8. The summed E-state index contributed by atoms with van der Waals surface area (Å²) in [6.07, 6.45) is 0.862. The van der Waals surface area contributed by atoms with E-state index in [9.17, 15) is 9.59 Å². The minimum absolute atomic E-state index is 0.0329. The Labute approximate surface area is 154 Å². The molecule has 0 bridgehead atoms. The molecule has 138 valence electrons. The van der Waals surface area contributed by atoms with E-state index in [-0.39, 0.29) is 24.5 Å². The first-order valence-electron chi connectivity index (χ1n) is 8.79. The monoisotopic (exact) mass is 354 g/mol. The average Bonchev–Trinajstić information content (AvgIpc) is 2.60. The molecule has 5 nitrogen and oxygen atoms in total. The van der Waals surface area contributed by atoms with Crippen molar-refractivity contribution in [2.45, 2.75) is 33.2 Å². The van der Waals surface area contributed by atoms with Gasteiger partial charge in [0.25, 0.3) is 5.91 Å². The molecule has 0 spiro atoms. The number of benzene rings is 2. The third kappa shape index (κ3) is 6.59. The van der Waals surface area contributed by atoms with E-state index in [1.165, 1.54) is 6.92 Å². The van der Waals surface area contributed by atoms with Crippen LogP contribution in [0.3, 0.4) is 0 Å². The van der Waals surface area contributed by atoms with Gasteiger partial charge in [-0.1, -0.05) is 44.2 Å². The molecular formula is C21H26N2O3. The Balaban J connectivity index is 1.90. The largest absolute Gasteiger partial charge is 0.484 e. The number of amides is 2. The molecule has 0 saturated heterocycles. The Morgan fingerprint density at radius 3 is 2.23 bits per heavy atom. The second-order valence-electron chi connectivity index (χ2n) is 6.65. The number of hydrogen-bond acceptors (Lipinski definition) is 3. The molecule has 2 N–H and O–H groups in total. The summed E-state index contributed by atoms with van der Waals surface area (Å²) in [4.78, 5) is 23.3. The molecule has 0 aromatic heterocycles. The van der Waals surface area contributed by atoms with Gasteiger partial charge in [0, 0.05) is 12.6 Å². The van der Waals surface area contributed by atoms with Crippen LogP contribution in [0.15, 0.2) is 54.6 Å². The minimum atomic E-state index is -0.162. The number of carbonyl (C=O) groups is 2. The van der Waals surface area contributed by atoms with Crippen LogP contribution in [0, 0.1) is 5.92 Å². The zero-order valence-electron chi connectivity index (χ0n) is 15.5. The van der Waals surface area contributed by atoms with E-state index >= 15 is 0 Å². The van der Waals surface area contributed by atoms with E-state index in [1.807, 2.05) is 30.3 Å². The smallest absolute Gasteiger partial charge is 0.258 e. The molecule has 2 amide bonds. The Bertz CT molecular complexity index is 712. The molecular weight excluding hydrogens is 328 g/mol. The maximum Gasteiger partial charge on any atom is 0.258 e. The minimum Gasteiger partial charge on any atom is -0.484 e. The zero-order chi connectivity index (χ0) is 18.9. The van der Waals surface area contributed by atoms with E-state index in [2.05, 4.69) is 24.5 Å². The van der Waals surface area contributed by atoms with Crippen LogP contribution >= 0.6 is 0 Å². The van der Waals surface area contributed by atoms with Crippen molar-refractivity contribution >= 4 is 17.5 Å². The molecule has 2 aromatic rings. The van der Waals surface area contributed by atoms with Gasteiger partial charge >= 0.3 is 0 Å². The summed E-state index contributed by atoms with van der Waals surface area (Å²) in [6.45, 7) is 5.67. The second-order valence-corrected chi connectivity index (χ2v) is 6.65. The van der Waals surface area contributed by atoms with Crippen LogP contribution in [0.5, 0.6) is 5.75 Å². The highest BCUT2D eigenvalue weighted by Crippen LogP contribution is 2.21. The molecule has 0 fully saturated rings. The summed E-state index contributed by atoms with van der Waals surface area (Å²) >= 11 is 0. The van der Waals surface area contributed by atoms with Crippen molar-refractivity contribution in [2.24, 2.45) is 5.92 Å². The molecule has 26 heavy (non-hydrogen) atoms. The van der Waals surface area contributed by atoms with Crippen LogP contribution in [0.1, 0.15) is 38.8 Å². The summed E-state index contributed by atoms with van der Waals surface area (Å²) in [5.41, 5.74) is 1.78. The van der Waals surface area contributed by atoms with Crippen molar-refractivity contribution in [3.05, 3.63) is 60.2 Å². The van der Waals surface area contributed by atoms with Gasteiger partial charge in [0.1, 0.15) is 5.75 Å². The molecule has 2 rings (SSSR count). The summed E-state index contributed by atoms with van der Waals surface area (Å²) < 4.78 is 5.54. The molecule has 0 unspecified atom stereocenters. The van der Waals surface area contributed by atoms with E-state index in [1.54, 1.807) is 24.3 Å². The molecule has 0 heterocycles. The Kier molecular flexibility index (Phi) is 7.21. The van der Waals surface area contributed by atoms with Gasteiger partial charge in [0.15, 0.2) is 6.61 Å². The topological polar surface area (TPSA) is 67.4 Å². The second kappa shape index (κ2) is 9.61. The number of nitrogens with one attached hydrogen (secondary N) is 2. The number of hydrogen-bond donors (Lipinski definition) is 2. The Hall–Kier alpha value is -2.82. The SMILES string of the molecule is CC(=O)Nc1ccc(OCC(=O)N[C@H](CC(C)C)c2ccccc2)cc1. The molecule has 5 heteroatoms. The molecule has 2 aromatic carbocycles. The van der Waals surface area contributed by atoms with Gasteiger partial charge in [-0.05, 0) is 42.2 Å². The highest BCUT2D eigenvalue weighted by Gasteiger charge is 2.16. The van der Waals surface area contributed by atoms with Gasteiger partial charge in [-0.25, -0.2) is 0 Å². The van der Waals surface area contributed by atoms with Crippen LogP contribution in [0.25, 0.3) is 0 Å². The van der Waals surface area contributed by atoms with Crippen molar-refractivity contribution in [1.29, 1.82) is 0 Å². The number of carbonyl (C=O) groups excluding carboxylic acids is 2. The first-order valence-corrected chi connectivity index (χ1v) is 8.79. The van der Waals surface area contributed by atoms with E-state index in [0.717, 1.165) is 12.0 Å². The van der Waals surface area contributed by atoms with Gasteiger partial charge in [0.2, 0.25) is 5.91 Å². The van der Waals surface area contributed by atoms with Gasteiger partial charge in [-0.15, -0.1) is 0 Å². The Morgan fingerprint density at radius 2 is 1.65 bits per heavy atom. The van der Waals surface area contributed by atoms with Crippen LogP contribution in [-0.2, 0) is 9.59 Å². The predicted molar refractivity (Wildman–Crippen MR) is 103 cm³/mol. The molecule has 0 aliphatic heterocycles. The lowest BCUT2D eigenvalue weighted by Crippen LogP contribution is -2.33. The quantitative estimate of drug-likeness (QED) is 0.755. The first kappa shape index (κ1) is 19.5. The Morgan fingerprint density at radius 1 is 1.00 bits per heavy atom. The van der Waals surface area contributed by atoms with E-state index in [0.29, 0.717) is 17.4 Å². The van der Waals surface area contributed by atoms with Crippen LogP contribution < -0.4 is 15.4 Å². The van der Waals surface area contributed by atoms with Crippen LogP contribution in [0.4, 0.5) is 5.69 Å². The van der Waals surface area contributed by atoms with Crippen molar-refractivity contribution in [2.75, 3.05) is 11.9 Å². The van der Waals surface area contributed by atoms with Gasteiger partial charge < -0.3 is 15.4 Å². The van der Waals surface area contributed by atoms with E-state index < -0.39 is 0 Å². The fraction of sp³-hybridized carbons (Fsp3) is 0.333. The van der Waals surface area contributed by atoms with Crippen molar-refractivity contribution in [1.82, 2.24) is 5.32 Å². The fourth-order valence-electron chi connectivity index (χ4n) is 2.66. The average molecular weight is 354 g/mol. The first-order chi connectivity index (χ1) is 12.4. The summed E-state index contributed by atoms with van der Waals surface area (Å²) in [5, 5.41) is 5.74. The van der Waals surface area contributed by atoms with Gasteiger partial charge in [-0.3, -0.25) is 9.59 Å². The van der Waals surface area contributed by atoms with Crippen molar-refractivity contribution in [3.63, 3.8) is 0 Å². The maximum absolute atomic E-state index is 12.3. The lowest BCUT2D eigenvalue weighted by molar-refractivity contribution is -0.124. The predicted octanol–water partition coefficient (Wildman–Crippen LogP) is 3.93. The van der Waals surface area contributed by atoms with Gasteiger partial charge in [-0.2, -0.15) is 0 Å². The normalized spacial score (nSPS) is 11.7. The molecule has 0 saturated carbocycles. The fourth-order valence-corrected chi connectivity index (χ4v) is 2.66. The highest BCUT2D eigenvalue weighted by molar-refractivity contribution is 5.88. The third-order valence-corrected chi connectivity index (χ3v) is 3.79. The number of ether oxygens (including phenoxy) is 1. The number of anilines is 1. The zero-order valence-corrected chi connectivity index (χ0v) is 15.5. The molecule has 0 radical (unpaired) electrons. The van der Waals surface area contributed by atoms with E-state index in [4.69, 9.17) is 4.74 Å². The van der Waals surface area contributed by atoms with Crippen molar-refractivity contribution < 1.29 is 14.3 Å². The standard InChI is InChI=1S/C21H26N2O3/c1-15(2)13-20(17-7-5-4-6-8-17)23-21(25)14-26-19-11-9-18(10-12-19)22-16(3)24/h4-12,15,20H,13-14H2,1-3H3,(H,22,24)(H,23,25)/t20-/m1/s1. The lowest BCUT2D eigenvalue weighted by Gasteiger charge is -2.21. The van der Waals surface area contributed by atoms with Crippen LogP contribution in [0.2, 0.25) is 0 Å². The molecule has 0 aliphatic carbocycles.